The van der Waals surface area contributed by atoms with Crippen LogP contribution < -0.4 is 5.56 Å². The van der Waals surface area contributed by atoms with Crippen LogP contribution in [-0.4, -0.2) is 69.5 Å². The highest BCUT2D eigenvalue weighted by Gasteiger charge is 2.29. The van der Waals surface area contributed by atoms with Crippen molar-refractivity contribution < 1.29 is 14.7 Å². The average Bonchev–Trinajstić information content (AvgIpc) is 2.78. The van der Waals surface area contributed by atoms with Crippen molar-refractivity contribution in [2.24, 2.45) is 5.92 Å². The van der Waals surface area contributed by atoms with E-state index >= 15 is 0 Å². The van der Waals surface area contributed by atoms with Crippen LogP contribution in [0.5, 0.6) is 0 Å². The van der Waals surface area contributed by atoms with Gasteiger partial charge in [0.25, 0.3) is 11.5 Å². The second-order valence-electron chi connectivity index (χ2n) is 8.45. The minimum Gasteiger partial charge on any atom is -0.379 e. The Morgan fingerprint density at radius 1 is 1.23 bits per heavy atom. The maximum Gasteiger partial charge on any atom is 0.283 e. The Morgan fingerprint density at radius 3 is 2.70 bits per heavy atom. The minimum atomic E-state index is -0.620. The molecule has 0 radical (unpaired) electrons. The number of morpholine rings is 1. The van der Waals surface area contributed by atoms with Gasteiger partial charge < -0.3 is 4.74 Å². The molecule has 1 aliphatic carbocycles. The van der Waals surface area contributed by atoms with Crippen molar-refractivity contribution in [1.82, 2.24) is 19.5 Å². The van der Waals surface area contributed by atoms with Crippen LogP contribution in [0.25, 0.3) is 11.0 Å². The van der Waals surface area contributed by atoms with Gasteiger partial charge in [-0.05, 0) is 49.8 Å². The molecule has 0 aromatic carbocycles. The molecule has 2 aromatic heterocycles. The molecule has 30 heavy (non-hydrogen) atoms. The summed E-state index contributed by atoms with van der Waals surface area (Å²) in [5, 5.41) is 12.1. The number of carbonyl (C=O) groups is 1. The summed E-state index contributed by atoms with van der Waals surface area (Å²) in [7, 11) is 0. The smallest absolute Gasteiger partial charge is 0.283 e. The fraction of sp³-hybridized carbons (Fsp3) is 0.591. The van der Waals surface area contributed by atoms with E-state index in [1.165, 1.54) is 0 Å². The zero-order chi connectivity index (χ0) is 21.1. The van der Waals surface area contributed by atoms with Crippen LogP contribution in [0, 0.1) is 5.92 Å². The van der Waals surface area contributed by atoms with Crippen molar-refractivity contribution >= 4 is 16.9 Å². The predicted molar refractivity (Wildman–Crippen MR) is 113 cm³/mol. The number of amides is 1. The summed E-state index contributed by atoms with van der Waals surface area (Å²) in [6.07, 6.45) is 5.10. The van der Waals surface area contributed by atoms with Crippen LogP contribution in [0.2, 0.25) is 0 Å². The van der Waals surface area contributed by atoms with Crippen molar-refractivity contribution in [2.75, 3.05) is 32.8 Å². The number of nitrogens with zero attached hydrogens (tertiary/aromatic N) is 4. The Labute approximate surface area is 176 Å². The van der Waals surface area contributed by atoms with E-state index in [0.29, 0.717) is 43.3 Å². The Bertz CT molecular complexity index is 946. The molecule has 1 saturated heterocycles. The molecule has 8 heteroatoms. The predicted octanol–water partition coefficient (Wildman–Crippen LogP) is 2.14. The SMILES string of the molecule is CC1CCC(N(O)C(=O)c2cc3cccnc3n(CCN3CCOCC3)c2=O)CC1. The second-order valence-corrected chi connectivity index (χ2v) is 8.45. The third kappa shape index (κ3) is 4.40. The molecule has 1 N–H and O–H groups in total. The highest BCUT2D eigenvalue weighted by molar-refractivity contribution is 5.96. The normalized spacial score (nSPS) is 22.9. The number of aromatic nitrogens is 2. The molecule has 1 aliphatic heterocycles. The summed E-state index contributed by atoms with van der Waals surface area (Å²) < 4.78 is 6.95. The average molecular weight is 415 g/mol. The molecule has 2 aromatic rings. The number of hydrogen-bond acceptors (Lipinski definition) is 6. The van der Waals surface area contributed by atoms with Gasteiger partial charge in [0.1, 0.15) is 11.2 Å². The Kier molecular flexibility index (Phi) is 6.46. The summed E-state index contributed by atoms with van der Waals surface area (Å²) in [6.45, 7) is 6.31. The maximum atomic E-state index is 13.3. The third-order valence-corrected chi connectivity index (χ3v) is 6.36. The van der Waals surface area contributed by atoms with Crippen LogP contribution in [0.4, 0.5) is 0 Å². The lowest BCUT2D eigenvalue weighted by molar-refractivity contribution is -0.0988. The van der Waals surface area contributed by atoms with E-state index in [4.69, 9.17) is 4.74 Å². The van der Waals surface area contributed by atoms with Crippen LogP contribution >= 0.6 is 0 Å². The molecule has 0 atom stereocenters. The van der Waals surface area contributed by atoms with E-state index in [0.717, 1.165) is 43.8 Å². The fourth-order valence-electron chi connectivity index (χ4n) is 4.41. The van der Waals surface area contributed by atoms with Crippen molar-refractivity contribution in [3.8, 4) is 0 Å². The molecule has 0 bridgehead atoms. The van der Waals surface area contributed by atoms with Gasteiger partial charge in [-0.3, -0.25) is 24.3 Å². The molecule has 2 fully saturated rings. The van der Waals surface area contributed by atoms with Gasteiger partial charge in [0, 0.05) is 37.8 Å². The molecule has 3 heterocycles. The van der Waals surface area contributed by atoms with Crippen LogP contribution in [-0.2, 0) is 11.3 Å². The van der Waals surface area contributed by atoms with E-state index in [1.54, 1.807) is 22.9 Å². The van der Waals surface area contributed by atoms with Gasteiger partial charge >= 0.3 is 0 Å². The molecule has 8 nitrogen and oxygen atoms in total. The van der Waals surface area contributed by atoms with Crippen LogP contribution in [0.3, 0.4) is 0 Å². The largest absolute Gasteiger partial charge is 0.379 e. The molecule has 4 rings (SSSR count). The van der Waals surface area contributed by atoms with Crippen LogP contribution in [0.1, 0.15) is 43.0 Å². The minimum absolute atomic E-state index is 0.00130. The Balaban J connectivity index is 1.62. The van der Waals surface area contributed by atoms with Crippen molar-refractivity contribution in [3.05, 3.63) is 40.3 Å². The number of pyridine rings is 2. The lowest BCUT2D eigenvalue weighted by atomic mass is 9.87. The molecule has 0 unspecified atom stereocenters. The molecule has 2 aliphatic rings. The standard InChI is InChI=1S/C22H30N4O4/c1-16-4-6-18(7-5-16)26(29)22(28)19-15-17-3-2-8-23-20(17)25(21(19)27)10-9-24-11-13-30-14-12-24/h2-3,8,15-16,18,29H,4-7,9-14H2,1H3. The van der Waals surface area contributed by atoms with Crippen molar-refractivity contribution in [1.29, 1.82) is 0 Å². The first-order valence-electron chi connectivity index (χ1n) is 10.9. The number of fused-ring (bicyclic) bond motifs is 1. The summed E-state index contributed by atoms with van der Waals surface area (Å²) in [6, 6.07) is 4.95. The number of hydroxylamine groups is 2. The topological polar surface area (TPSA) is 87.9 Å². The van der Waals surface area contributed by atoms with Crippen LogP contribution in [0.15, 0.2) is 29.2 Å². The molecule has 1 saturated carbocycles. The van der Waals surface area contributed by atoms with Gasteiger partial charge in [-0.2, -0.15) is 0 Å². The van der Waals surface area contributed by atoms with Gasteiger partial charge in [-0.15, -0.1) is 0 Å². The molecule has 0 spiro atoms. The van der Waals surface area contributed by atoms with Gasteiger partial charge in [0.2, 0.25) is 0 Å². The van der Waals surface area contributed by atoms with E-state index in [1.807, 2.05) is 6.07 Å². The Morgan fingerprint density at radius 2 is 1.97 bits per heavy atom. The van der Waals surface area contributed by atoms with E-state index in [2.05, 4.69) is 16.8 Å². The monoisotopic (exact) mass is 414 g/mol. The molecular formula is C22H30N4O4. The van der Waals surface area contributed by atoms with Gasteiger partial charge in [-0.25, -0.2) is 10.0 Å². The van der Waals surface area contributed by atoms with Gasteiger partial charge in [0.15, 0.2) is 0 Å². The second kappa shape index (κ2) is 9.24. The van der Waals surface area contributed by atoms with E-state index < -0.39 is 11.5 Å². The summed E-state index contributed by atoms with van der Waals surface area (Å²) in [5.41, 5.74) is 0.157. The quantitative estimate of drug-likeness (QED) is 0.596. The zero-order valence-electron chi connectivity index (χ0n) is 17.5. The Hall–Kier alpha value is -2.29. The number of ether oxygens (including phenoxy) is 1. The van der Waals surface area contributed by atoms with Crippen molar-refractivity contribution in [3.63, 3.8) is 0 Å². The zero-order valence-corrected chi connectivity index (χ0v) is 17.5. The van der Waals surface area contributed by atoms with E-state index in [9.17, 15) is 14.8 Å². The lowest BCUT2D eigenvalue weighted by Crippen LogP contribution is -2.43. The number of carbonyl (C=O) groups excluding carboxylic acids is 1. The molecular weight excluding hydrogens is 384 g/mol. The highest BCUT2D eigenvalue weighted by atomic mass is 16.5. The number of hydrogen-bond donors (Lipinski definition) is 1. The van der Waals surface area contributed by atoms with Gasteiger partial charge in [0.05, 0.1) is 19.3 Å². The van der Waals surface area contributed by atoms with Crippen molar-refractivity contribution in [2.45, 2.75) is 45.2 Å². The molecule has 1 amide bonds. The lowest BCUT2D eigenvalue weighted by Gasteiger charge is -2.31. The molecule has 162 valence electrons. The maximum absolute atomic E-state index is 13.3. The summed E-state index contributed by atoms with van der Waals surface area (Å²) in [4.78, 5) is 32.9. The first-order valence-corrected chi connectivity index (χ1v) is 10.9. The summed E-state index contributed by atoms with van der Waals surface area (Å²) >= 11 is 0. The summed E-state index contributed by atoms with van der Waals surface area (Å²) in [5.74, 6) is -0.0145. The first-order chi connectivity index (χ1) is 14.5. The van der Waals surface area contributed by atoms with Gasteiger partial charge in [-0.1, -0.05) is 6.92 Å². The highest BCUT2D eigenvalue weighted by Crippen LogP contribution is 2.27. The third-order valence-electron chi connectivity index (χ3n) is 6.36. The van der Waals surface area contributed by atoms with E-state index in [-0.39, 0.29) is 11.6 Å². The number of rotatable bonds is 5. The fourth-order valence-corrected chi connectivity index (χ4v) is 4.41. The first kappa shape index (κ1) is 21.0.